The minimum absolute atomic E-state index is 0.144. The van der Waals surface area contributed by atoms with Crippen molar-refractivity contribution in [1.29, 1.82) is 0 Å². The first kappa shape index (κ1) is 16.5. The Morgan fingerprint density at radius 2 is 2.27 bits per heavy atom. The molecule has 3 nitrogen and oxygen atoms in total. The number of allylic oxidation sites excluding steroid dienone is 1. The molecule has 6 atom stereocenters. The summed E-state index contributed by atoms with van der Waals surface area (Å²) in [6, 6.07) is 0.709. The Morgan fingerprint density at radius 3 is 2.91 bits per heavy atom. The molecule has 1 N–H and O–H groups in total. The Morgan fingerprint density at radius 1 is 1.50 bits per heavy atom. The predicted molar refractivity (Wildman–Crippen MR) is 89.7 cm³/mol. The first-order valence-corrected chi connectivity index (χ1v) is 9.14. The maximum atomic E-state index is 9.72. The van der Waals surface area contributed by atoms with E-state index in [9.17, 15) is 5.11 Å². The SMILES string of the molecule is CC[C@H](CO)C[C@]1(OC)C2=CCCC3C2C(CC1C)CN3C. The second-order valence-corrected chi connectivity index (χ2v) is 7.92. The van der Waals surface area contributed by atoms with E-state index in [0.29, 0.717) is 23.8 Å². The van der Waals surface area contributed by atoms with E-state index in [1.807, 2.05) is 7.11 Å². The highest BCUT2D eigenvalue weighted by Gasteiger charge is 2.56. The molecule has 0 bridgehead atoms. The molecule has 0 spiro atoms. The maximum absolute atomic E-state index is 9.72. The molecule has 3 aliphatic rings. The van der Waals surface area contributed by atoms with Gasteiger partial charge in [0.2, 0.25) is 0 Å². The van der Waals surface area contributed by atoms with E-state index in [4.69, 9.17) is 4.74 Å². The van der Waals surface area contributed by atoms with E-state index >= 15 is 0 Å². The number of methoxy groups -OCH3 is 1. The van der Waals surface area contributed by atoms with Crippen molar-refractivity contribution in [3.63, 3.8) is 0 Å². The number of likely N-dealkylation sites (tertiary alicyclic amines) is 1. The molecule has 22 heavy (non-hydrogen) atoms. The summed E-state index contributed by atoms with van der Waals surface area (Å²) < 4.78 is 6.26. The summed E-state index contributed by atoms with van der Waals surface area (Å²) in [5.74, 6) is 2.37. The maximum Gasteiger partial charge on any atom is 0.0920 e. The highest BCUT2D eigenvalue weighted by Crippen LogP contribution is 2.55. The lowest BCUT2D eigenvalue weighted by Gasteiger charge is -2.52. The molecule has 0 aromatic heterocycles. The molecule has 1 heterocycles. The number of rotatable bonds is 5. The largest absolute Gasteiger partial charge is 0.396 e. The summed E-state index contributed by atoms with van der Waals surface area (Å²) in [5.41, 5.74) is 1.43. The molecule has 1 saturated carbocycles. The van der Waals surface area contributed by atoms with Crippen LogP contribution in [-0.2, 0) is 4.74 Å². The summed E-state index contributed by atoms with van der Waals surface area (Å²) in [6.07, 6.45) is 8.24. The molecular weight excluding hydrogens is 274 g/mol. The van der Waals surface area contributed by atoms with Gasteiger partial charge >= 0.3 is 0 Å². The first-order chi connectivity index (χ1) is 10.6. The van der Waals surface area contributed by atoms with Crippen LogP contribution in [0.3, 0.4) is 0 Å². The molecule has 0 aromatic carbocycles. The Labute approximate surface area is 135 Å². The molecule has 1 saturated heterocycles. The summed E-state index contributed by atoms with van der Waals surface area (Å²) in [6.45, 7) is 6.07. The van der Waals surface area contributed by atoms with Gasteiger partial charge in [0, 0.05) is 32.2 Å². The van der Waals surface area contributed by atoms with Crippen molar-refractivity contribution in [2.45, 2.75) is 57.6 Å². The Bertz CT molecular complexity index is 431. The lowest BCUT2D eigenvalue weighted by molar-refractivity contribution is -0.0781. The van der Waals surface area contributed by atoms with Gasteiger partial charge in [-0.2, -0.15) is 0 Å². The third kappa shape index (κ3) is 2.37. The van der Waals surface area contributed by atoms with Crippen LogP contribution in [0.1, 0.15) is 46.0 Å². The van der Waals surface area contributed by atoms with Crippen LogP contribution in [0.4, 0.5) is 0 Å². The zero-order valence-corrected chi connectivity index (χ0v) is 14.7. The topological polar surface area (TPSA) is 32.7 Å². The zero-order chi connectivity index (χ0) is 15.9. The quantitative estimate of drug-likeness (QED) is 0.792. The molecule has 0 radical (unpaired) electrons. The fraction of sp³-hybridized carbons (Fsp3) is 0.895. The normalized spacial score (nSPS) is 42.9. The van der Waals surface area contributed by atoms with E-state index < -0.39 is 0 Å². The van der Waals surface area contributed by atoms with Crippen molar-refractivity contribution < 1.29 is 9.84 Å². The summed E-state index contributed by atoms with van der Waals surface area (Å²) in [5, 5.41) is 9.72. The minimum atomic E-state index is -0.144. The number of nitrogens with zero attached hydrogens (tertiary/aromatic N) is 1. The van der Waals surface area contributed by atoms with Crippen molar-refractivity contribution >= 4 is 0 Å². The van der Waals surface area contributed by atoms with Crippen molar-refractivity contribution in [2.75, 3.05) is 27.3 Å². The lowest BCUT2D eigenvalue weighted by atomic mass is 9.58. The molecule has 2 aliphatic carbocycles. The molecule has 126 valence electrons. The smallest absolute Gasteiger partial charge is 0.0920 e. The molecule has 0 aromatic rings. The average molecular weight is 307 g/mol. The Hall–Kier alpha value is -0.380. The number of aliphatic hydroxyl groups is 1. The molecule has 3 heteroatoms. The van der Waals surface area contributed by atoms with Gasteiger partial charge in [-0.15, -0.1) is 0 Å². The van der Waals surface area contributed by atoms with Crippen LogP contribution in [0.25, 0.3) is 0 Å². The summed E-state index contributed by atoms with van der Waals surface area (Å²) in [4.78, 5) is 2.59. The van der Waals surface area contributed by atoms with Gasteiger partial charge in [-0.3, -0.25) is 0 Å². The summed E-state index contributed by atoms with van der Waals surface area (Å²) in [7, 11) is 4.19. The molecule has 3 rings (SSSR count). The highest BCUT2D eigenvalue weighted by molar-refractivity contribution is 5.32. The van der Waals surface area contributed by atoms with Crippen LogP contribution in [0.2, 0.25) is 0 Å². The highest BCUT2D eigenvalue weighted by atomic mass is 16.5. The van der Waals surface area contributed by atoms with Gasteiger partial charge in [0.15, 0.2) is 0 Å². The van der Waals surface area contributed by atoms with Gasteiger partial charge in [0.05, 0.1) is 5.60 Å². The Kier molecular flexibility index (Phi) is 4.69. The lowest BCUT2D eigenvalue weighted by Crippen LogP contribution is -2.52. The molecule has 2 fully saturated rings. The van der Waals surface area contributed by atoms with E-state index in [2.05, 4.69) is 31.9 Å². The van der Waals surface area contributed by atoms with Crippen molar-refractivity contribution in [2.24, 2.45) is 23.7 Å². The third-order valence-corrected chi connectivity index (χ3v) is 6.93. The van der Waals surface area contributed by atoms with Crippen LogP contribution in [-0.4, -0.2) is 49.0 Å². The van der Waals surface area contributed by atoms with Gasteiger partial charge in [0.1, 0.15) is 0 Å². The van der Waals surface area contributed by atoms with Gasteiger partial charge in [-0.1, -0.05) is 26.3 Å². The minimum Gasteiger partial charge on any atom is -0.396 e. The molecule has 4 unspecified atom stereocenters. The average Bonchev–Trinajstić information content (AvgIpc) is 2.85. The number of ether oxygens (including phenoxy) is 1. The first-order valence-electron chi connectivity index (χ1n) is 9.14. The second-order valence-electron chi connectivity index (χ2n) is 7.92. The summed E-state index contributed by atoms with van der Waals surface area (Å²) >= 11 is 0. The monoisotopic (exact) mass is 307 g/mol. The fourth-order valence-electron chi connectivity index (χ4n) is 5.71. The zero-order valence-electron chi connectivity index (χ0n) is 14.7. The van der Waals surface area contributed by atoms with E-state index in [-0.39, 0.29) is 12.2 Å². The number of hydrogen-bond donors (Lipinski definition) is 1. The van der Waals surface area contributed by atoms with Crippen LogP contribution in [0, 0.1) is 23.7 Å². The number of hydrogen-bond acceptors (Lipinski definition) is 3. The van der Waals surface area contributed by atoms with Crippen molar-refractivity contribution in [3.8, 4) is 0 Å². The van der Waals surface area contributed by atoms with Gasteiger partial charge in [-0.25, -0.2) is 0 Å². The van der Waals surface area contributed by atoms with E-state index in [0.717, 1.165) is 18.8 Å². The third-order valence-electron chi connectivity index (χ3n) is 6.93. The molecule has 1 aliphatic heterocycles. The molecular formula is C19H33NO2. The van der Waals surface area contributed by atoms with E-state index in [1.165, 1.54) is 25.8 Å². The van der Waals surface area contributed by atoms with Gasteiger partial charge in [0.25, 0.3) is 0 Å². The predicted octanol–water partition coefficient (Wildman–Crippen LogP) is 3.09. The fourth-order valence-corrected chi connectivity index (χ4v) is 5.71. The number of aliphatic hydroxyl groups excluding tert-OH is 1. The Balaban J connectivity index is 1.97. The van der Waals surface area contributed by atoms with Crippen LogP contribution in [0.15, 0.2) is 11.6 Å². The standard InChI is InChI=1S/C19H33NO2/c1-5-14(12-21)10-19(22-4)13(2)9-15-11-20(3)17-8-6-7-16(19)18(15)17/h7,13-15,17-18,21H,5-6,8-12H2,1-4H3/t13?,14-,15?,17?,18?,19+/m0/s1. The molecule has 0 amide bonds. The van der Waals surface area contributed by atoms with E-state index in [1.54, 1.807) is 5.57 Å². The van der Waals surface area contributed by atoms with Crippen LogP contribution < -0.4 is 0 Å². The van der Waals surface area contributed by atoms with Crippen molar-refractivity contribution in [1.82, 2.24) is 4.90 Å². The van der Waals surface area contributed by atoms with Gasteiger partial charge in [-0.05, 0) is 56.1 Å². The van der Waals surface area contributed by atoms with Crippen molar-refractivity contribution in [3.05, 3.63) is 11.6 Å². The van der Waals surface area contributed by atoms with Crippen LogP contribution >= 0.6 is 0 Å². The van der Waals surface area contributed by atoms with Crippen LogP contribution in [0.5, 0.6) is 0 Å². The van der Waals surface area contributed by atoms with Gasteiger partial charge < -0.3 is 14.7 Å². The second kappa shape index (κ2) is 6.26.